The molecule has 88 valence electrons. The zero-order valence-corrected chi connectivity index (χ0v) is 11.0. The van der Waals surface area contributed by atoms with E-state index in [0.717, 1.165) is 22.8 Å². The second-order valence-electron chi connectivity index (χ2n) is 4.42. The predicted octanol–water partition coefficient (Wildman–Crippen LogP) is 3.42. The number of nitrogens with two attached hydrogens (primary N) is 1. The summed E-state index contributed by atoms with van der Waals surface area (Å²) in [4.78, 5) is 1.27. The van der Waals surface area contributed by atoms with Gasteiger partial charge in [-0.05, 0) is 48.8 Å². The summed E-state index contributed by atoms with van der Waals surface area (Å²) in [6.07, 6.45) is 1.23. The SMILES string of the molecule is Cc1cc(SCCC(C)C)ccc1C(=N)N. The lowest BCUT2D eigenvalue weighted by atomic mass is 10.1. The van der Waals surface area contributed by atoms with Crippen molar-refractivity contribution in [1.29, 1.82) is 5.41 Å². The minimum absolute atomic E-state index is 0.149. The predicted molar refractivity (Wildman–Crippen MR) is 72.4 cm³/mol. The van der Waals surface area contributed by atoms with E-state index in [1.807, 2.05) is 24.8 Å². The van der Waals surface area contributed by atoms with Crippen molar-refractivity contribution >= 4 is 17.6 Å². The topological polar surface area (TPSA) is 49.9 Å². The van der Waals surface area contributed by atoms with Crippen molar-refractivity contribution in [3.8, 4) is 0 Å². The van der Waals surface area contributed by atoms with Crippen LogP contribution in [0.2, 0.25) is 0 Å². The van der Waals surface area contributed by atoms with Gasteiger partial charge in [-0.2, -0.15) is 0 Å². The second-order valence-corrected chi connectivity index (χ2v) is 5.59. The third kappa shape index (κ3) is 3.89. The number of benzene rings is 1. The second kappa shape index (κ2) is 5.94. The van der Waals surface area contributed by atoms with E-state index < -0.39 is 0 Å². The van der Waals surface area contributed by atoms with Crippen LogP contribution >= 0.6 is 11.8 Å². The van der Waals surface area contributed by atoms with Crippen LogP contribution in [0.1, 0.15) is 31.4 Å². The fourth-order valence-corrected chi connectivity index (χ4v) is 2.69. The van der Waals surface area contributed by atoms with Crippen LogP contribution in [0.5, 0.6) is 0 Å². The van der Waals surface area contributed by atoms with Crippen molar-refractivity contribution < 1.29 is 0 Å². The number of rotatable bonds is 5. The Morgan fingerprint density at radius 3 is 2.62 bits per heavy atom. The van der Waals surface area contributed by atoms with E-state index in [-0.39, 0.29) is 5.84 Å². The molecule has 0 saturated heterocycles. The highest BCUT2D eigenvalue weighted by Crippen LogP contribution is 2.23. The third-order valence-electron chi connectivity index (χ3n) is 2.45. The van der Waals surface area contributed by atoms with Gasteiger partial charge in [0.15, 0.2) is 0 Å². The third-order valence-corrected chi connectivity index (χ3v) is 3.48. The lowest BCUT2D eigenvalue weighted by Crippen LogP contribution is -2.12. The molecule has 0 saturated carbocycles. The first-order valence-corrected chi connectivity index (χ1v) is 6.57. The summed E-state index contributed by atoms with van der Waals surface area (Å²) in [5.41, 5.74) is 7.41. The van der Waals surface area contributed by atoms with Crippen molar-refractivity contribution in [2.45, 2.75) is 32.1 Å². The van der Waals surface area contributed by atoms with Crippen molar-refractivity contribution in [2.24, 2.45) is 11.7 Å². The van der Waals surface area contributed by atoms with Crippen molar-refractivity contribution in [2.75, 3.05) is 5.75 Å². The summed E-state index contributed by atoms with van der Waals surface area (Å²) >= 11 is 1.87. The summed E-state index contributed by atoms with van der Waals surface area (Å²) < 4.78 is 0. The van der Waals surface area contributed by atoms with Crippen LogP contribution in [0.15, 0.2) is 23.1 Å². The number of nitrogens with one attached hydrogen (secondary N) is 1. The number of thioether (sulfide) groups is 1. The Morgan fingerprint density at radius 1 is 1.44 bits per heavy atom. The fraction of sp³-hybridized carbons (Fsp3) is 0.462. The molecule has 0 heterocycles. The van der Waals surface area contributed by atoms with Crippen LogP contribution in [-0.2, 0) is 0 Å². The number of amidine groups is 1. The van der Waals surface area contributed by atoms with Crippen LogP contribution in [-0.4, -0.2) is 11.6 Å². The summed E-state index contributed by atoms with van der Waals surface area (Å²) in [5, 5.41) is 7.41. The zero-order chi connectivity index (χ0) is 12.1. The van der Waals surface area contributed by atoms with Gasteiger partial charge in [-0.1, -0.05) is 13.8 Å². The van der Waals surface area contributed by atoms with Gasteiger partial charge >= 0.3 is 0 Å². The Kier molecular flexibility index (Phi) is 4.87. The molecule has 3 heteroatoms. The van der Waals surface area contributed by atoms with E-state index in [0.29, 0.717) is 0 Å². The van der Waals surface area contributed by atoms with Gasteiger partial charge in [0.2, 0.25) is 0 Å². The summed E-state index contributed by atoms with van der Waals surface area (Å²) in [6.45, 7) is 6.48. The Labute approximate surface area is 102 Å². The highest BCUT2D eigenvalue weighted by atomic mass is 32.2. The molecule has 0 fully saturated rings. The Morgan fingerprint density at radius 2 is 2.12 bits per heavy atom. The Bertz CT molecular complexity index is 372. The van der Waals surface area contributed by atoms with E-state index in [9.17, 15) is 0 Å². The largest absolute Gasteiger partial charge is 0.384 e. The lowest BCUT2D eigenvalue weighted by Gasteiger charge is -2.08. The van der Waals surface area contributed by atoms with Crippen LogP contribution in [0, 0.1) is 18.3 Å². The molecule has 1 aromatic carbocycles. The quantitative estimate of drug-likeness (QED) is 0.467. The molecular weight excluding hydrogens is 216 g/mol. The summed E-state index contributed by atoms with van der Waals surface area (Å²) in [7, 11) is 0. The van der Waals surface area contributed by atoms with Gasteiger partial charge < -0.3 is 5.73 Å². The van der Waals surface area contributed by atoms with Gasteiger partial charge in [-0.15, -0.1) is 11.8 Å². The molecule has 0 aliphatic carbocycles. The van der Waals surface area contributed by atoms with Gasteiger partial charge in [-0.3, -0.25) is 5.41 Å². The number of aryl methyl sites for hydroxylation is 1. The van der Waals surface area contributed by atoms with Gasteiger partial charge in [0.1, 0.15) is 5.84 Å². The van der Waals surface area contributed by atoms with Crippen LogP contribution in [0.25, 0.3) is 0 Å². The number of hydrogen-bond donors (Lipinski definition) is 2. The molecule has 0 spiro atoms. The first-order chi connectivity index (χ1) is 7.50. The molecule has 0 atom stereocenters. The monoisotopic (exact) mass is 236 g/mol. The van der Waals surface area contributed by atoms with Crippen LogP contribution < -0.4 is 5.73 Å². The smallest absolute Gasteiger partial charge is 0.123 e. The van der Waals surface area contributed by atoms with Crippen molar-refractivity contribution in [3.05, 3.63) is 29.3 Å². The van der Waals surface area contributed by atoms with Gasteiger partial charge in [0, 0.05) is 10.5 Å². The molecule has 0 aliphatic rings. The molecule has 0 aromatic heterocycles. The highest BCUT2D eigenvalue weighted by molar-refractivity contribution is 7.99. The van der Waals surface area contributed by atoms with Crippen molar-refractivity contribution in [3.63, 3.8) is 0 Å². The summed E-state index contributed by atoms with van der Waals surface area (Å²) in [6, 6.07) is 6.10. The molecule has 16 heavy (non-hydrogen) atoms. The van der Waals surface area contributed by atoms with E-state index in [2.05, 4.69) is 26.0 Å². The molecule has 0 bridgehead atoms. The standard InChI is InChI=1S/C13H20N2S/c1-9(2)6-7-16-11-4-5-12(13(14)15)10(3)8-11/h4-5,8-9H,6-7H2,1-3H3,(H3,14,15). The van der Waals surface area contributed by atoms with Gasteiger partial charge in [0.05, 0.1) is 0 Å². The van der Waals surface area contributed by atoms with E-state index in [1.54, 1.807) is 0 Å². The average molecular weight is 236 g/mol. The molecule has 0 unspecified atom stereocenters. The fourth-order valence-electron chi connectivity index (χ4n) is 1.44. The number of hydrogen-bond acceptors (Lipinski definition) is 2. The first-order valence-electron chi connectivity index (χ1n) is 5.58. The average Bonchev–Trinajstić information content (AvgIpc) is 2.16. The maximum absolute atomic E-state index is 7.41. The zero-order valence-electron chi connectivity index (χ0n) is 10.2. The molecule has 0 amide bonds. The first kappa shape index (κ1) is 13.1. The van der Waals surface area contributed by atoms with E-state index in [1.165, 1.54) is 11.3 Å². The Hall–Kier alpha value is -0.960. The molecule has 3 N–H and O–H groups in total. The van der Waals surface area contributed by atoms with Gasteiger partial charge in [0.25, 0.3) is 0 Å². The van der Waals surface area contributed by atoms with Gasteiger partial charge in [-0.25, -0.2) is 0 Å². The minimum atomic E-state index is 0.149. The lowest BCUT2D eigenvalue weighted by molar-refractivity contribution is 0.632. The van der Waals surface area contributed by atoms with Crippen LogP contribution in [0.3, 0.4) is 0 Å². The molecule has 2 nitrogen and oxygen atoms in total. The molecule has 1 rings (SSSR count). The summed E-state index contributed by atoms with van der Waals surface area (Å²) in [5.74, 6) is 2.05. The Balaban J connectivity index is 2.63. The highest BCUT2D eigenvalue weighted by Gasteiger charge is 2.03. The van der Waals surface area contributed by atoms with E-state index >= 15 is 0 Å². The molecule has 1 aromatic rings. The van der Waals surface area contributed by atoms with Crippen molar-refractivity contribution in [1.82, 2.24) is 0 Å². The van der Waals surface area contributed by atoms with Crippen LogP contribution in [0.4, 0.5) is 0 Å². The normalized spacial score (nSPS) is 10.8. The van der Waals surface area contributed by atoms with E-state index in [4.69, 9.17) is 11.1 Å². The minimum Gasteiger partial charge on any atom is -0.384 e. The molecule has 0 radical (unpaired) electrons. The number of nitrogen functional groups attached to an aromatic ring is 1. The maximum atomic E-state index is 7.41. The molecule has 0 aliphatic heterocycles. The maximum Gasteiger partial charge on any atom is 0.123 e. The molecular formula is C13H20N2S.